The quantitative estimate of drug-likeness (QED) is 0.684. The van der Waals surface area contributed by atoms with Crippen LogP contribution in [0.15, 0.2) is 45.1 Å². The van der Waals surface area contributed by atoms with Crippen molar-refractivity contribution >= 4 is 31.5 Å². The maximum atomic E-state index is 13.3. The minimum Gasteiger partial charge on any atom is -0.456 e. The van der Waals surface area contributed by atoms with E-state index >= 15 is 0 Å². The molecule has 0 radical (unpaired) electrons. The molecule has 1 aliphatic rings. The molecule has 1 aliphatic heterocycles. The smallest absolute Gasteiger partial charge is 0.202 e. The van der Waals surface area contributed by atoms with E-state index in [2.05, 4.69) is 21.2 Å². The molecule has 0 spiro atoms. The van der Waals surface area contributed by atoms with Gasteiger partial charge in [0.05, 0.1) is 27.1 Å². The summed E-state index contributed by atoms with van der Waals surface area (Å²) in [7, 11) is -2.05. The van der Waals surface area contributed by atoms with Gasteiger partial charge in [-0.2, -0.15) is 0 Å². The van der Waals surface area contributed by atoms with E-state index in [4.69, 9.17) is 9.47 Å². The molecule has 0 aliphatic carbocycles. The van der Waals surface area contributed by atoms with Crippen molar-refractivity contribution in [3.8, 4) is 11.5 Å². The topological polar surface area (TPSA) is 64.6 Å². The first-order valence-corrected chi connectivity index (χ1v) is 9.82. The van der Waals surface area contributed by atoms with Crippen LogP contribution in [0.2, 0.25) is 0 Å². The number of sulfone groups is 1. The van der Waals surface area contributed by atoms with Crippen LogP contribution in [-0.4, -0.2) is 28.7 Å². The Balaban J connectivity index is 1.99. The highest BCUT2D eigenvalue weighted by atomic mass is 79.9. The molecule has 26 heavy (non-hydrogen) atoms. The van der Waals surface area contributed by atoms with Crippen LogP contribution < -0.4 is 10.1 Å². The molecule has 0 atom stereocenters. The lowest BCUT2D eigenvalue weighted by Crippen LogP contribution is -2.17. The third-order valence-corrected chi connectivity index (χ3v) is 5.89. The Kier molecular flexibility index (Phi) is 5.31. The Bertz CT molecular complexity index is 972. The molecule has 9 heteroatoms. The lowest BCUT2D eigenvalue weighted by molar-refractivity contribution is 0.203. The molecule has 2 aromatic rings. The fourth-order valence-corrected chi connectivity index (χ4v) is 4.68. The minimum atomic E-state index is -3.59. The van der Waals surface area contributed by atoms with E-state index in [0.29, 0.717) is 28.9 Å². The predicted octanol–water partition coefficient (Wildman–Crippen LogP) is 3.84. The van der Waals surface area contributed by atoms with Crippen molar-refractivity contribution in [2.24, 2.45) is 0 Å². The molecule has 1 N–H and O–H groups in total. The van der Waals surface area contributed by atoms with Crippen LogP contribution in [-0.2, 0) is 14.6 Å². The lowest BCUT2D eigenvalue weighted by atomic mass is 10.1. The second-order valence-electron chi connectivity index (χ2n) is 5.45. The van der Waals surface area contributed by atoms with Crippen molar-refractivity contribution in [3.63, 3.8) is 0 Å². The number of hydrogen-bond acceptors (Lipinski definition) is 5. The minimum absolute atomic E-state index is 0.0399. The highest BCUT2D eigenvalue weighted by Gasteiger charge is 2.30. The number of rotatable bonds is 6. The molecular weight excluding hydrogens is 432 g/mol. The van der Waals surface area contributed by atoms with Gasteiger partial charge in [-0.3, -0.25) is 0 Å². The summed E-state index contributed by atoms with van der Waals surface area (Å²) in [6.07, 6.45) is 0. The van der Waals surface area contributed by atoms with Gasteiger partial charge in [0.1, 0.15) is 23.1 Å². The fraction of sp³-hybridized carbons (Fsp3) is 0.176. The van der Waals surface area contributed by atoms with E-state index in [1.54, 1.807) is 0 Å². The van der Waals surface area contributed by atoms with Gasteiger partial charge < -0.3 is 14.8 Å². The summed E-state index contributed by atoms with van der Waals surface area (Å²) in [4.78, 5) is 0.113. The first-order valence-electron chi connectivity index (χ1n) is 7.48. The molecule has 2 aromatic carbocycles. The van der Waals surface area contributed by atoms with Gasteiger partial charge in [0.2, 0.25) is 9.84 Å². The molecule has 5 nitrogen and oxygen atoms in total. The van der Waals surface area contributed by atoms with Gasteiger partial charge in [-0.25, -0.2) is 17.2 Å². The van der Waals surface area contributed by atoms with Gasteiger partial charge in [0.25, 0.3) is 0 Å². The molecule has 0 amide bonds. The highest BCUT2D eigenvalue weighted by molar-refractivity contribution is 9.10. The monoisotopic (exact) mass is 445 g/mol. The van der Waals surface area contributed by atoms with E-state index in [1.165, 1.54) is 19.2 Å². The van der Waals surface area contributed by atoms with Crippen LogP contribution in [0.3, 0.4) is 0 Å². The number of hydrogen-bond donors (Lipinski definition) is 1. The molecule has 3 rings (SSSR count). The summed E-state index contributed by atoms with van der Waals surface area (Å²) in [5, 5.41) is 4.12. The Hall–Kier alpha value is -1.97. The zero-order chi connectivity index (χ0) is 18.9. The van der Waals surface area contributed by atoms with Crippen LogP contribution in [0.1, 0.15) is 5.56 Å². The van der Waals surface area contributed by atoms with Gasteiger partial charge in [0, 0.05) is 37.4 Å². The van der Waals surface area contributed by atoms with E-state index in [9.17, 15) is 17.2 Å². The number of halogens is 3. The van der Waals surface area contributed by atoms with E-state index in [-0.39, 0.29) is 16.4 Å². The van der Waals surface area contributed by atoms with Gasteiger partial charge in [-0.15, -0.1) is 0 Å². The van der Waals surface area contributed by atoms with Crippen molar-refractivity contribution in [1.82, 2.24) is 5.32 Å². The van der Waals surface area contributed by atoms with Crippen molar-refractivity contribution in [1.29, 1.82) is 0 Å². The van der Waals surface area contributed by atoms with Crippen LogP contribution in [0, 0.1) is 11.6 Å². The zero-order valence-corrected chi connectivity index (χ0v) is 16.0. The Morgan fingerprint density at radius 2 is 1.85 bits per heavy atom. The molecule has 138 valence electrons. The van der Waals surface area contributed by atoms with Crippen LogP contribution in [0.4, 0.5) is 8.78 Å². The standard InChI is InChI=1S/C17H14BrF2NO4S/c1-24-5-4-21-13-9-26(22,23)15-3-2-14(17(18)16(13)15)25-12-7-10(19)6-11(20)8-12/h2-3,6-9,21H,4-5H2,1H3. The average molecular weight is 446 g/mol. The second-order valence-corrected chi connectivity index (χ2v) is 8.01. The number of nitrogens with one attached hydrogen (secondary N) is 1. The molecule has 0 saturated heterocycles. The molecule has 0 fully saturated rings. The number of methoxy groups -OCH3 is 1. The summed E-state index contributed by atoms with van der Waals surface area (Å²) in [6, 6.07) is 5.62. The normalized spacial score (nSPS) is 14.7. The molecule has 0 unspecified atom stereocenters. The summed E-state index contributed by atoms with van der Waals surface area (Å²) in [6.45, 7) is 0.799. The molecule has 0 saturated carbocycles. The molecule has 0 aromatic heterocycles. The maximum absolute atomic E-state index is 13.3. The fourth-order valence-electron chi connectivity index (χ4n) is 2.52. The average Bonchev–Trinajstić information content (AvgIpc) is 2.80. The Morgan fingerprint density at radius 1 is 1.15 bits per heavy atom. The van der Waals surface area contributed by atoms with Crippen LogP contribution >= 0.6 is 15.9 Å². The first-order chi connectivity index (χ1) is 12.3. The third-order valence-electron chi connectivity index (χ3n) is 3.60. The summed E-state index contributed by atoms with van der Waals surface area (Å²) in [5.41, 5.74) is 0.787. The molecule has 0 bridgehead atoms. The van der Waals surface area contributed by atoms with Crippen molar-refractivity contribution in [2.45, 2.75) is 4.90 Å². The lowest BCUT2D eigenvalue weighted by Gasteiger charge is -2.14. The SMILES string of the molecule is COCCNC1=CS(=O)(=O)c2ccc(Oc3cc(F)cc(F)c3)c(Br)c21. The number of ether oxygens (including phenoxy) is 2. The summed E-state index contributed by atoms with van der Waals surface area (Å²) in [5.74, 6) is -1.37. The van der Waals surface area contributed by atoms with Crippen LogP contribution in [0.5, 0.6) is 11.5 Å². The van der Waals surface area contributed by atoms with Crippen molar-refractivity contribution in [2.75, 3.05) is 20.3 Å². The van der Waals surface area contributed by atoms with E-state index in [0.717, 1.165) is 23.6 Å². The zero-order valence-electron chi connectivity index (χ0n) is 13.6. The summed E-state index contributed by atoms with van der Waals surface area (Å²) < 4.78 is 62.1. The van der Waals surface area contributed by atoms with Crippen molar-refractivity contribution < 1.29 is 26.7 Å². The van der Waals surface area contributed by atoms with Gasteiger partial charge in [-0.1, -0.05) is 0 Å². The van der Waals surface area contributed by atoms with Crippen LogP contribution in [0.25, 0.3) is 5.70 Å². The number of benzene rings is 2. The molecular formula is C17H14BrF2NO4S. The Labute approximate surface area is 157 Å². The largest absolute Gasteiger partial charge is 0.456 e. The van der Waals surface area contributed by atoms with E-state index < -0.39 is 21.5 Å². The van der Waals surface area contributed by atoms with Crippen molar-refractivity contribution in [3.05, 3.63) is 57.4 Å². The third kappa shape index (κ3) is 3.74. The maximum Gasteiger partial charge on any atom is 0.202 e. The number of fused-ring (bicyclic) bond motifs is 1. The van der Waals surface area contributed by atoms with E-state index in [1.807, 2.05) is 0 Å². The first kappa shape index (κ1) is 18.8. The highest BCUT2D eigenvalue weighted by Crippen LogP contribution is 2.43. The van der Waals surface area contributed by atoms with Gasteiger partial charge in [0.15, 0.2) is 0 Å². The van der Waals surface area contributed by atoms with Gasteiger partial charge >= 0.3 is 0 Å². The Morgan fingerprint density at radius 3 is 2.50 bits per heavy atom. The van der Waals surface area contributed by atoms with Gasteiger partial charge in [-0.05, 0) is 28.1 Å². The molecule has 1 heterocycles. The summed E-state index contributed by atoms with van der Waals surface area (Å²) >= 11 is 3.34. The second kappa shape index (κ2) is 7.34. The predicted molar refractivity (Wildman–Crippen MR) is 95.6 cm³/mol.